The van der Waals surface area contributed by atoms with Gasteiger partial charge < -0.3 is 10.4 Å². The number of hydrogen-bond donors (Lipinski definition) is 2. The molecule has 2 N–H and O–H groups in total. The van der Waals surface area contributed by atoms with Gasteiger partial charge in [-0.3, -0.25) is 14.9 Å². The van der Waals surface area contributed by atoms with Gasteiger partial charge in [0.15, 0.2) is 11.6 Å². The van der Waals surface area contributed by atoms with Crippen molar-refractivity contribution in [3.05, 3.63) is 57.8 Å². The minimum Gasteiger partial charge on any atom is -0.504 e. The zero-order valence-corrected chi connectivity index (χ0v) is 10.5. The number of carbonyl (C=O) groups excluding carboxylic acids is 1. The van der Waals surface area contributed by atoms with E-state index >= 15 is 0 Å². The summed E-state index contributed by atoms with van der Waals surface area (Å²) < 4.78 is 0. The Morgan fingerprint density at radius 3 is 2.81 bits per heavy atom. The molecule has 1 heterocycles. The van der Waals surface area contributed by atoms with Crippen molar-refractivity contribution < 1.29 is 14.8 Å². The second-order valence-electron chi connectivity index (χ2n) is 3.97. The molecule has 21 heavy (non-hydrogen) atoms. The molecule has 0 saturated heterocycles. The fourth-order valence-corrected chi connectivity index (χ4v) is 1.55. The lowest BCUT2D eigenvalue weighted by molar-refractivity contribution is -0.385. The first kappa shape index (κ1) is 14.0. The van der Waals surface area contributed by atoms with Gasteiger partial charge in [-0.2, -0.15) is 5.26 Å². The molecule has 1 amide bonds. The Hall–Kier alpha value is -3.47. The molecule has 0 saturated carbocycles. The van der Waals surface area contributed by atoms with Gasteiger partial charge in [0.05, 0.1) is 22.6 Å². The molecule has 0 fully saturated rings. The van der Waals surface area contributed by atoms with Crippen LogP contribution in [-0.2, 0) is 0 Å². The van der Waals surface area contributed by atoms with Crippen molar-refractivity contribution in [3.63, 3.8) is 0 Å². The van der Waals surface area contributed by atoms with E-state index in [-0.39, 0.29) is 11.4 Å². The Morgan fingerprint density at radius 1 is 1.43 bits per heavy atom. The third kappa shape index (κ3) is 3.10. The van der Waals surface area contributed by atoms with Crippen LogP contribution >= 0.6 is 0 Å². The summed E-state index contributed by atoms with van der Waals surface area (Å²) in [5.41, 5.74) is 0.120. The number of rotatable bonds is 3. The van der Waals surface area contributed by atoms with Gasteiger partial charge >= 0.3 is 0 Å². The molecule has 0 aliphatic rings. The number of nitro groups is 1. The largest absolute Gasteiger partial charge is 0.504 e. The predicted octanol–water partition coefficient (Wildman–Crippen LogP) is 1.82. The zero-order valence-electron chi connectivity index (χ0n) is 10.5. The van der Waals surface area contributed by atoms with Crippen molar-refractivity contribution >= 4 is 17.4 Å². The number of benzene rings is 1. The lowest BCUT2D eigenvalue weighted by atomic mass is 10.1. The topological polar surface area (TPSA) is 129 Å². The third-order valence-corrected chi connectivity index (χ3v) is 2.55. The smallest absolute Gasteiger partial charge is 0.291 e. The number of nitrogens with one attached hydrogen (secondary N) is 1. The molecule has 2 aromatic rings. The standard InChI is InChI=1S/C13H8N4O4/c14-6-8-2-1-3-9(4-8)13(19)16-12-11(18)5-10(7-15-12)17(20)21/h1-5,7,18H,(H,15,16,19). The van der Waals surface area contributed by atoms with Crippen LogP contribution in [0.1, 0.15) is 15.9 Å². The Balaban J connectivity index is 2.23. The monoisotopic (exact) mass is 284 g/mol. The van der Waals surface area contributed by atoms with Crippen LogP contribution in [-0.4, -0.2) is 20.9 Å². The Kier molecular flexibility index (Phi) is 3.76. The number of aromatic nitrogens is 1. The van der Waals surface area contributed by atoms with Crippen LogP contribution in [0.4, 0.5) is 11.5 Å². The fraction of sp³-hybridized carbons (Fsp3) is 0. The molecular weight excluding hydrogens is 276 g/mol. The summed E-state index contributed by atoms with van der Waals surface area (Å²) in [6, 6.07) is 8.72. The molecule has 8 heteroatoms. The van der Waals surface area contributed by atoms with Crippen molar-refractivity contribution in [2.45, 2.75) is 0 Å². The summed E-state index contributed by atoms with van der Waals surface area (Å²) in [5.74, 6) is -1.31. The molecule has 2 rings (SSSR count). The van der Waals surface area contributed by atoms with Crippen LogP contribution < -0.4 is 5.32 Å². The Bertz CT molecular complexity index is 767. The average Bonchev–Trinajstić information content (AvgIpc) is 2.49. The maximum absolute atomic E-state index is 11.9. The maximum atomic E-state index is 11.9. The predicted molar refractivity (Wildman–Crippen MR) is 71.7 cm³/mol. The summed E-state index contributed by atoms with van der Waals surface area (Å²) in [6.07, 6.45) is 0.918. The molecular formula is C13H8N4O4. The number of anilines is 1. The van der Waals surface area contributed by atoms with Gasteiger partial charge in [-0.15, -0.1) is 0 Å². The number of aromatic hydroxyl groups is 1. The minimum atomic E-state index is -0.714. The second kappa shape index (κ2) is 5.66. The first-order chi connectivity index (χ1) is 10.0. The minimum absolute atomic E-state index is 0.201. The molecule has 8 nitrogen and oxygen atoms in total. The van der Waals surface area contributed by atoms with Gasteiger partial charge in [-0.25, -0.2) is 4.98 Å². The van der Waals surface area contributed by atoms with Crippen molar-refractivity contribution in [1.82, 2.24) is 4.98 Å². The number of nitriles is 1. The van der Waals surface area contributed by atoms with Crippen molar-refractivity contribution in [2.24, 2.45) is 0 Å². The number of pyridine rings is 1. The fourth-order valence-electron chi connectivity index (χ4n) is 1.55. The first-order valence-corrected chi connectivity index (χ1v) is 5.66. The van der Waals surface area contributed by atoms with Gasteiger partial charge in [-0.05, 0) is 18.2 Å². The van der Waals surface area contributed by atoms with Gasteiger partial charge in [0.1, 0.15) is 6.20 Å². The average molecular weight is 284 g/mol. The maximum Gasteiger partial charge on any atom is 0.291 e. The van der Waals surface area contributed by atoms with E-state index < -0.39 is 22.3 Å². The van der Waals surface area contributed by atoms with E-state index in [1.165, 1.54) is 18.2 Å². The number of nitrogens with zero attached hydrogens (tertiary/aromatic N) is 3. The summed E-state index contributed by atoms with van der Waals surface area (Å²) in [5, 5.41) is 31.2. The molecule has 0 unspecified atom stereocenters. The van der Waals surface area contributed by atoms with Crippen molar-refractivity contribution in [2.75, 3.05) is 5.32 Å². The van der Waals surface area contributed by atoms with E-state index in [2.05, 4.69) is 10.3 Å². The van der Waals surface area contributed by atoms with Gasteiger partial charge in [0, 0.05) is 5.56 Å². The highest BCUT2D eigenvalue weighted by Crippen LogP contribution is 2.25. The molecule has 1 aromatic heterocycles. The lowest BCUT2D eigenvalue weighted by Crippen LogP contribution is -2.13. The molecule has 1 aromatic carbocycles. The normalized spacial score (nSPS) is 9.67. The molecule has 0 aliphatic carbocycles. The van der Waals surface area contributed by atoms with E-state index in [0.29, 0.717) is 5.56 Å². The lowest BCUT2D eigenvalue weighted by Gasteiger charge is -2.06. The first-order valence-electron chi connectivity index (χ1n) is 5.66. The van der Waals surface area contributed by atoms with Crippen LogP contribution in [0, 0.1) is 21.4 Å². The van der Waals surface area contributed by atoms with E-state index in [4.69, 9.17) is 5.26 Å². The van der Waals surface area contributed by atoms with Gasteiger partial charge in [0.25, 0.3) is 11.6 Å². The number of carbonyl (C=O) groups is 1. The highest BCUT2D eigenvalue weighted by atomic mass is 16.6. The van der Waals surface area contributed by atoms with E-state index in [1.54, 1.807) is 6.07 Å². The van der Waals surface area contributed by atoms with E-state index in [1.807, 2.05) is 6.07 Å². The van der Waals surface area contributed by atoms with E-state index in [0.717, 1.165) is 12.3 Å². The van der Waals surface area contributed by atoms with Crippen LogP contribution in [0.3, 0.4) is 0 Å². The molecule has 0 bridgehead atoms. The van der Waals surface area contributed by atoms with Crippen LogP contribution in [0.5, 0.6) is 5.75 Å². The number of amides is 1. The summed E-state index contributed by atoms with van der Waals surface area (Å²) in [4.78, 5) is 25.4. The van der Waals surface area contributed by atoms with Crippen molar-refractivity contribution in [3.8, 4) is 11.8 Å². The third-order valence-electron chi connectivity index (χ3n) is 2.55. The van der Waals surface area contributed by atoms with Crippen LogP contribution in [0.25, 0.3) is 0 Å². The molecule has 0 aliphatic heterocycles. The van der Waals surface area contributed by atoms with Crippen LogP contribution in [0.2, 0.25) is 0 Å². The molecule has 0 radical (unpaired) electrons. The van der Waals surface area contributed by atoms with Gasteiger partial charge in [-0.1, -0.05) is 6.07 Å². The summed E-state index contributed by atoms with van der Waals surface area (Å²) in [6.45, 7) is 0. The zero-order chi connectivity index (χ0) is 15.4. The second-order valence-corrected chi connectivity index (χ2v) is 3.97. The highest BCUT2D eigenvalue weighted by Gasteiger charge is 2.14. The molecule has 0 spiro atoms. The quantitative estimate of drug-likeness (QED) is 0.653. The Labute approximate surface area is 118 Å². The number of hydrogen-bond acceptors (Lipinski definition) is 6. The summed E-state index contributed by atoms with van der Waals surface area (Å²) in [7, 11) is 0. The highest BCUT2D eigenvalue weighted by molar-refractivity contribution is 6.04. The van der Waals surface area contributed by atoms with E-state index in [9.17, 15) is 20.0 Å². The Morgan fingerprint density at radius 2 is 2.19 bits per heavy atom. The van der Waals surface area contributed by atoms with Crippen molar-refractivity contribution in [1.29, 1.82) is 5.26 Å². The van der Waals surface area contributed by atoms with Crippen LogP contribution in [0.15, 0.2) is 36.5 Å². The molecule has 104 valence electrons. The molecule has 0 atom stereocenters. The van der Waals surface area contributed by atoms with Gasteiger partial charge in [0.2, 0.25) is 0 Å². The SMILES string of the molecule is N#Cc1cccc(C(=O)Nc2ncc([N+](=O)[O-])cc2O)c1. The summed E-state index contributed by atoms with van der Waals surface area (Å²) >= 11 is 0.